The second kappa shape index (κ2) is 3.81. The summed E-state index contributed by atoms with van der Waals surface area (Å²) in [7, 11) is 0. The van der Waals surface area contributed by atoms with Gasteiger partial charge >= 0.3 is 0 Å². The van der Waals surface area contributed by atoms with Gasteiger partial charge in [0.05, 0.1) is 0 Å². The van der Waals surface area contributed by atoms with Crippen LogP contribution in [0.25, 0.3) is 0 Å². The highest BCUT2D eigenvalue weighted by atomic mass is 15.2. The number of anilines is 1. The van der Waals surface area contributed by atoms with Crippen molar-refractivity contribution in [1.82, 2.24) is 10.3 Å². The number of rotatable bonds is 1. The lowest BCUT2D eigenvalue weighted by atomic mass is 9.94. The van der Waals surface area contributed by atoms with Gasteiger partial charge in [0, 0.05) is 37.2 Å². The van der Waals surface area contributed by atoms with Crippen LogP contribution in [0.3, 0.4) is 0 Å². The molecule has 3 heterocycles. The van der Waals surface area contributed by atoms with Crippen LogP contribution in [0.4, 0.5) is 5.69 Å². The van der Waals surface area contributed by atoms with Gasteiger partial charge in [-0.3, -0.25) is 4.98 Å². The first-order chi connectivity index (χ1) is 7.43. The molecule has 0 aromatic carbocycles. The van der Waals surface area contributed by atoms with E-state index in [0.717, 1.165) is 12.5 Å². The van der Waals surface area contributed by atoms with Crippen molar-refractivity contribution in [1.29, 1.82) is 0 Å². The van der Waals surface area contributed by atoms with Crippen molar-refractivity contribution >= 4 is 5.69 Å². The maximum absolute atomic E-state index is 4.07. The van der Waals surface area contributed by atoms with Crippen molar-refractivity contribution in [2.75, 3.05) is 24.5 Å². The first kappa shape index (κ1) is 9.16. The Morgan fingerprint density at radius 2 is 2.13 bits per heavy atom. The summed E-state index contributed by atoms with van der Waals surface area (Å²) in [6.45, 7) is 3.57. The summed E-state index contributed by atoms with van der Waals surface area (Å²) in [6.07, 6.45) is 6.49. The first-order valence-electron chi connectivity index (χ1n) is 5.82. The van der Waals surface area contributed by atoms with E-state index < -0.39 is 0 Å². The fraction of sp³-hybridized carbons (Fsp3) is 0.583. The molecule has 0 bridgehead atoms. The van der Waals surface area contributed by atoms with E-state index in [0.29, 0.717) is 6.04 Å². The average molecular weight is 203 g/mol. The molecule has 0 radical (unpaired) electrons. The molecule has 2 aliphatic heterocycles. The first-order valence-corrected chi connectivity index (χ1v) is 5.82. The normalized spacial score (nSPS) is 30.3. The topological polar surface area (TPSA) is 28.2 Å². The van der Waals surface area contributed by atoms with Crippen molar-refractivity contribution in [2.24, 2.45) is 5.92 Å². The predicted octanol–water partition coefficient (Wildman–Crippen LogP) is 1.27. The Hall–Kier alpha value is -1.09. The van der Waals surface area contributed by atoms with Gasteiger partial charge in [-0.05, 0) is 37.4 Å². The third-order valence-electron chi connectivity index (χ3n) is 3.63. The molecule has 0 aliphatic carbocycles. The average Bonchev–Trinajstić information content (AvgIpc) is 2.74. The van der Waals surface area contributed by atoms with Gasteiger partial charge in [-0.25, -0.2) is 0 Å². The fourth-order valence-electron chi connectivity index (χ4n) is 2.81. The standard InChI is InChI=1S/C12H17N3/c1-2-10-8-15(9-12(10)14-5-1)11-3-6-13-7-4-11/h3-4,6-7,10,12,14H,1-2,5,8-9H2. The van der Waals surface area contributed by atoms with E-state index in [-0.39, 0.29) is 0 Å². The molecule has 3 nitrogen and oxygen atoms in total. The van der Waals surface area contributed by atoms with Crippen LogP contribution in [-0.4, -0.2) is 30.7 Å². The molecular weight excluding hydrogens is 186 g/mol. The Morgan fingerprint density at radius 1 is 1.27 bits per heavy atom. The molecule has 2 unspecified atom stereocenters. The second-order valence-electron chi connectivity index (χ2n) is 4.57. The van der Waals surface area contributed by atoms with E-state index in [2.05, 4.69) is 27.3 Å². The highest BCUT2D eigenvalue weighted by Crippen LogP contribution is 2.28. The zero-order valence-corrected chi connectivity index (χ0v) is 8.89. The molecule has 2 aliphatic rings. The summed E-state index contributed by atoms with van der Waals surface area (Å²) in [6, 6.07) is 4.93. The highest BCUT2D eigenvalue weighted by Gasteiger charge is 2.34. The molecule has 2 fully saturated rings. The van der Waals surface area contributed by atoms with E-state index >= 15 is 0 Å². The van der Waals surface area contributed by atoms with Crippen molar-refractivity contribution in [3.8, 4) is 0 Å². The van der Waals surface area contributed by atoms with Crippen molar-refractivity contribution < 1.29 is 0 Å². The maximum Gasteiger partial charge on any atom is 0.0397 e. The molecule has 80 valence electrons. The largest absolute Gasteiger partial charge is 0.370 e. The molecule has 1 aromatic heterocycles. The van der Waals surface area contributed by atoms with Gasteiger partial charge in [0.25, 0.3) is 0 Å². The van der Waals surface area contributed by atoms with Crippen LogP contribution in [0, 0.1) is 5.92 Å². The number of piperidine rings is 1. The second-order valence-corrected chi connectivity index (χ2v) is 4.57. The zero-order chi connectivity index (χ0) is 10.1. The van der Waals surface area contributed by atoms with E-state index in [4.69, 9.17) is 0 Å². The molecule has 2 atom stereocenters. The molecule has 2 saturated heterocycles. The Labute approximate surface area is 90.5 Å². The van der Waals surface area contributed by atoms with Crippen LogP contribution in [0.2, 0.25) is 0 Å². The maximum atomic E-state index is 4.07. The Kier molecular flexibility index (Phi) is 2.33. The van der Waals surface area contributed by atoms with Crippen LogP contribution in [0.15, 0.2) is 24.5 Å². The number of hydrogen-bond acceptors (Lipinski definition) is 3. The van der Waals surface area contributed by atoms with Gasteiger partial charge in [-0.1, -0.05) is 0 Å². The number of aromatic nitrogens is 1. The lowest BCUT2D eigenvalue weighted by molar-refractivity contribution is 0.340. The van der Waals surface area contributed by atoms with Gasteiger partial charge < -0.3 is 10.2 Å². The SMILES string of the molecule is c1cc(N2CC3CCCNC3C2)ccn1. The zero-order valence-electron chi connectivity index (χ0n) is 8.89. The smallest absolute Gasteiger partial charge is 0.0397 e. The fourth-order valence-corrected chi connectivity index (χ4v) is 2.81. The minimum Gasteiger partial charge on any atom is -0.370 e. The lowest BCUT2D eigenvalue weighted by Gasteiger charge is -2.24. The predicted molar refractivity (Wildman–Crippen MR) is 61.0 cm³/mol. The van der Waals surface area contributed by atoms with E-state index in [9.17, 15) is 0 Å². The van der Waals surface area contributed by atoms with Crippen LogP contribution in [0.5, 0.6) is 0 Å². The molecule has 15 heavy (non-hydrogen) atoms. The molecule has 1 aromatic rings. The van der Waals surface area contributed by atoms with Gasteiger partial charge in [-0.15, -0.1) is 0 Å². The highest BCUT2D eigenvalue weighted by molar-refractivity contribution is 5.46. The molecule has 0 amide bonds. The number of nitrogens with zero attached hydrogens (tertiary/aromatic N) is 2. The summed E-state index contributed by atoms with van der Waals surface area (Å²) in [5, 5.41) is 3.62. The summed E-state index contributed by atoms with van der Waals surface area (Å²) < 4.78 is 0. The summed E-state index contributed by atoms with van der Waals surface area (Å²) in [5.41, 5.74) is 1.32. The number of fused-ring (bicyclic) bond motifs is 1. The summed E-state index contributed by atoms with van der Waals surface area (Å²) >= 11 is 0. The summed E-state index contributed by atoms with van der Waals surface area (Å²) in [4.78, 5) is 6.55. The lowest BCUT2D eigenvalue weighted by Crippen LogP contribution is -2.40. The van der Waals surface area contributed by atoms with E-state index in [1.165, 1.54) is 31.6 Å². The van der Waals surface area contributed by atoms with Crippen LogP contribution in [-0.2, 0) is 0 Å². The number of pyridine rings is 1. The quantitative estimate of drug-likeness (QED) is 0.745. The molecule has 3 heteroatoms. The summed E-state index contributed by atoms with van der Waals surface area (Å²) in [5.74, 6) is 0.854. The molecule has 3 rings (SSSR count). The third kappa shape index (κ3) is 1.72. The molecule has 1 N–H and O–H groups in total. The molecule has 0 saturated carbocycles. The molecular formula is C12H17N3. The Balaban J connectivity index is 1.75. The van der Waals surface area contributed by atoms with Crippen molar-refractivity contribution in [3.63, 3.8) is 0 Å². The van der Waals surface area contributed by atoms with Crippen LogP contribution in [0.1, 0.15) is 12.8 Å². The van der Waals surface area contributed by atoms with Gasteiger partial charge in [0.2, 0.25) is 0 Å². The van der Waals surface area contributed by atoms with Gasteiger partial charge in [-0.2, -0.15) is 0 Å². The Morgan fingerprint density at radius 3 is 2.93 bits per heavy atom. The van der Waals surface area contributed by atoms with Gasteiger partial charge in [0.15, 0.2) is 0 Å². The molecule has 0 spiro atoms. The van der Waals surface area contributed by atoms with E-state index in [1.54, 1.807) is 0 Å². The Bertz CT molecular complexity index is 311. The minimum absolute atomic E-state index is 0.715. The third-order valence-corrected chi connectivity index (χ3v) is 3.63. The van der Waals surface area contributed by atoms with Crippen LogP contribution < -0.4 is 10.2 Å². The van der Waals surface area contributed by atoms with Crippen LogP contribution >= 0.6 is 0 Å². The number of hydrogen-bond donors (Lipinski definition) is 1. The number of nitrogens with one attached hydrogen (secondary N) is 1. The minimum atomic E-state index is 0.715. The van der Waals surface area contributed by atoms with E-state index in [1.807, 2.05) is 12.4 Å². The van der Waals surface area contributed by atoms with Crippen molar-refractivity contribution in [3.05, 3.63) is 24.5 Å². The van der Waals surface area contributed by atoms with Crippen molar-refractivity contribution in [2.45, 2.75) is 18.9 Å². The van der Waals surface area contributed by atoms with Gasteiger partial charge in [0.1, 0.15) is 0 Å². The monoisotopic (exact) mass is 203 g/mol.